The molecule has 1 aromatic carbocycles. The molecule has 0 aliphatic carbocycles. The lowest BCUT2D eigenvalue weighted by Gasteiger charge is -2.08. The number of rotatable bonds is 3. The highest BCUT2D eigenvalue weighted by molar-refractivity contribution is 9.10. The second kappa shape index (κ2) is 5.19. The van der Waals surface area contributed by atoms with Gasteiger partial charge < -0.3 is 14.8 Å². The summed E-state index contributed by atoms with van der Waals surface area (Å²) in [6.07, 6.45) is 1.09. The van der Waals surface area contributed by atoms with E-state index in [-0.39, 0.29) is 16.1 Å². The maximum absolute atomic E-state index is 13.4. The van der Waals surface area contributed by atoms with Gasteiger partial charge in [0.1, 0.15) is 21.6 Å². The number of nitrogens with one attached hydrogen (secondary N) is 1. The van der Waals surface area contributed by atoms with Crippen LogP contribution in [0.4, 0.5) is 4.39 Å². The van der Waals surface area contributed by atoms with Crippen LogP contribution in [0.15, 0.2) is 33.8 Å². The first kappa shape index (κ1) is 13.2. The number of aromatic amines is 1. The minimum Gasteiger partial charge on any atom is -0.477 e. The third-order valence-electron chi connectivity index (χ3n) is 2.16. The van der Waals surface area contributed by atoms with Crippen molar-refractivity contribution in [2.45, 2.75) is 0 Å². The van der Waals surface area contributed by atoms with E-state index in [1.807, 2.05) is 0 Å². The van der Waals surface area contributed by atoms with Crippen LogP contribution >= 0.6 is 15.9 Å². The zero-order chi connectivity index (χ0) is 14.0. The number of nitrogens with zero attached hydrogens (tertiary/aromatic N) is 1. The number of carboxylic acid groups (broad SMARTS) is 1. The summed E-state index contributed by atoms with van der Waals surface area (Å²) in [5, 5.41) is 8.93. The number of hydrogen-bond donors (Lipinski definition) is 2. The van der Waals surface area contributed by atoms with E-state index < -0.39 is 22.9 Å². The Balaban J connectivity index is 2.50. The second-order valence-corrected chi connectivity index (χ2v) is 4.16. The quantitative estimate of drug-likeness (QED) is 0.900. The van der Waals surface area contributed by atoms with E-state index in [1.54, 1.807) is 0 Å². The maximum Gasteiger partial charge on any atom is 0.342 e. The van der Waals surface area contributed by atoms with Gasteiger partial charge in [-0.2, -0.15) is 0 Å². The number of hydrogen-bond acceptors (Lipinski definition) is 4. The zero-order valence-electron chi connectivity index (χ0n) is 9.18. The minimum absolute atomic E-state index is 0.0180. The van der Waals surface area contributed by atoms with Crippen LogP contribution in [0.3, 0.4) is 0 Å². The highest BCUT2D eigenvalue weighted by Crippen LogP contribution is 2.28. The molecule has 0 saturated carbocycles. The first-order valence-corrected chi connectivity index (χ1v) is 5.73. The standard InChI is InChI=1S/C11H6BrFN2O4/c12-8-9(16)14-4-15-10(8)19-6-3-1-2-5(13)7(6)11(17)18/h1-4H,(H,17,18)(H,14,15,16). The molecule has 0 unspecified atom stereocenters. The van der Waals surface area contributed by atoms with Crippen molar-refractivity contribution in [1.82, 2.24) is 9.97 Å². The number of carboxylic acids is 1. The molecule has 98 valence electrons. The molecule has 0 amide bonds. The molecule has 0 bridgehead atoms. The molecule has 2 rings (SSSR count). The summed E-state index contributed by atoms with van der Waals surface area (Å²) in [5.41, 5.74) is -1.13. The van der Waals surface area contributed by atoms with Crippen molar-refractivity contribution in [3.8, 4) is 11.6 Å². The van der Waals surface area contributed by atoms with Gasteiger partial charge in [-0.1, -0.05) is 6.07 Å². The SMILES string of the molecule is O=C(O)c1c(F)cccc1Oc1nc[nH]c(=O)c1Br. The van der Waals surface area contributed by atoms with Crippen LogP contribution in [-0.4, -0.2) is 21.0 Å². The first-order chi connectivity index (χ1) is 9.00. The Labute approximate surface area is 114 Å². The molecule has 1 heterocycles. The molecular weight excluding hydrogens is 323 g/mol. The number of carbonyl (C=O) groups is 1. The van der Waals surface area contributed by atoms with Crippen LogP contribution < -0.4 is 10.3 Å². The molecule has 2 aromatic rings. The van der Waals surface area contributed by atoms with Crippen molar-refractivity contribution in [3.05, 3.63) is 50.7 Å². The van der Waals surface area contributed by atoms with E-state index in [0.29, 0.717) is 0 Å². The van der Waals surface area contributed by atoms with Crippen molar-refractivity contribution >= 4 is 21.9 Å². The van der Waals surface area contributed by atoms with Gasteiger partial charge in [-0.25, -0.2) is 14.2 Å². The summed E-state index contributed by atoms with van der Waals surface area (Å²) in [6.45, 7) is 0. The fourth-order valence-corrected chi connectivity index (χ4v) is 1.64. The third-order valence-corrected chi connectivity index (χ3v) is 2.86. The van der Waals surface area contributed by atoms with Crippen LogP contribution in [0.1, 0.15) is 10.4 Å². The number of halogens is 2. The van der Waals surface area contributed by atoms with E-state index in [2.05, 4.69) is 25.9 Å². The molecule has 0 radical (unpaired) electrons. The molecule has 8 heteroatoms. The van der Waals surface area contributed by atoms with Gasteiger partial charge in [-0.05, 0) is 28.1 Å². The molecule has 0 atom stereocenters. The summed E-state index contributed by atoms with van der Waals surface area (Å²) >= 11 is 2.95. The lowest BCUT2D eigenvalue weighted by Crippen LogP contribution is -2.10. The van der Waals surface area contributed by atoms with Crippen molar-refractivity contribution in [2.75, 3.05) is 0 Å². The summed E-state index contributed by atoms with van der Waals surface area (Å²) in [5.74, 6) is -2.82. The van der Waals surface area contributed by atoms with E-state index in [0.717, 1.165) is 12.4 Å². The number of aromatic nitrogens is 2. The van der Waals surface area contributed by atoms with Crippen molar-refractivity contribution in [3.63, 3.8) is 0 Å². The summed E-state index contributed by atoms with van der Waals surface area (Å²) in [6, 6.07) is 3.55. The Bertz CT molecular complexity index is 701. The van der Waals surface area contributed by atoms with Crippen LogP contribution in [0.25, 0.3) is 0 Å². The lowest BCUT2D eigenvalue weighted by atomic mass is 10.2. The largest absolute Gasteiger partial charge is 0.477 e. The average Bonchev–Trinajstić information content (AvgIpc) is 2.34. The molecule has 0 saturated heterocycles. The Morgan fingerprint density at radius 2 is 2.21 bits per heavy atom. The highest BCUT2D eigenvalue weighted by Gasteiger charge is 2.19. The van der Waals surface area contributed by atoms with E-state index in [1.165, 1.54) is 12.1 Å². The van der Waals surface area contributed by atoms with Gasteiger partial charge in [0.2, 0.25) is 5.88 Å². The minimum atomic E-state index is -1.48. The molecule has 0 aliphatic rings. The monoisotopic (exact) mass is 328 g/mol. The zero-order valence-corrected chi connectivity index (χ0v) is 10.8. The van der Waals surface area contributed by atoms with Crippen LogP contribution in [0, 0.1) is 5.82 Å². The fraction of sp³-hybridized carbons (Fsp3) is 0. The molecule has 0 fully saturated rings. The molecule has 0 aliphatic heterocycles. The lowest BCUT2D eigenvalue weighted by molar-refractivity contribution is 0.0689. The summed E-state index contributed by atoms with van der Waals surface area (Å²) < 4.78 is 18.6. The topological polar surface area (TPSA) is 92.3 Å². The average molecular weight is 329 g/mol. The van der Waals surface area contributed by atoms with Crippen molar-refractivity contribution < 1.29 is 19.0 Å². The number of ether oxygens (including phenoxy) is 1. The molecule has 1 aromatic heterocycles. The van der Waals surface area contributed by atoms with Gasteiger partial charge in [0.05, 0.1) is 6.33 Å². The summed E-state index contributed by atoms with van der Waals surface area (Å²) in [7, 11) is 0. The third kappa shape index (κ3) is 2.63. The molecule has 6 nitrogen and oxygen atoms in total. The summed E-state index contributed by atoms with van der Waals surface area (Å²) in [4.78, 5) is 28.3. The van der Waals surface area contributed by atoms with E-state index in [9.17, 15) is 14.0 Å². The first-order valence-electron chi connectivity index (χ1n) is 4.93. The van der Waals surface area contributed by atoms with Gasteiger partial charge in [-0.15, -0.1) is 0 Å². The molecular formula is C11H6BrFN2O4. The maximum atomic E-state index is 13.4. The van der Waals surface area contributed by atoms with Gasteiger partial charge in [0.25, 0.3) is 5.56 Å². The normalized spacial score (nSPS) is 10.2. The van der Waals surface area contributed by atoms with Gasteiger partial charge in [0.15, 0.2) is 0 Å². The number of H-pyrrole nitrogens is 1. The van der Waals surface area contributed by atoms with Gasteiger partial charge in [-0.3, -0.25) is 4.79 Å². The number of aromatic carboxylic acids is 1. The second-order valence-electron chi connectivity index (χ2n) is 3.37. The highest BCUT2D eigenvalue weighted by atomic mass is 79.9. The van der Waals surface area contributed by atoms with E-state index >= 15 is 0 Å². The fourth-order valence-electron chi connectivity index (χ4n) is 1.34. The van der Waals surface area contributed by atoms with Crippen LogP contribution in [0.5, 0.6) is 11.6 Å². The Kier molecular flexibility index (Phi) is 3.61. The van der Waals surface area contributed by atoms with Gasteiger partial charge in [0, 0.05) is 0 Å². The molecule has 0 spiro atoms. The molecule has 2 N–H and O–H groups in total. The number of benzene rings is 1. The van der Waals surface area contributed by atoms with E-state index in [4.69, 9.17) is 9.84 Å². The van der Waals surface area contributed by atoms with Gasteiger partial charge >= 0.3 is 5.97 Å². The smallest absolute Gasteiger partial charge is 0.342 e. The Morgan fingerprint density at radius 1 is 1.47 bits per heavy atom. The Morgan fingerprint density at radius 3 is 2.89 bits per heavy atom. The van der Waals surface area contributed by atoms with Crippen LogP contribution in [0.2, 0.25) is 0 Å². The predicted octanol–water partition coefficient (Wildman–Crippen LogP) is 2.16. The van der Waals surface area contributed by atoms with Crippen molar-refractivity contribution in [2.24, 2.45) is 0 Å². The van der Waals surface area contributed by atoms with Crippen molar-refractivity contribution in [1.29, 1.82) is 0 Å². The predicted molar refractivity (Wildman–Crippen MR) is 66.0 cm³/mol. The van der Waals surface area contributed by atoms with Crippen LogP contribution in [-0.2, 0) is 0 Å². The Hall–Kier alpha value is -2.22. The molecule has 19 heavy (non-hydrogen) atoms.